The summed E-state index contributed by atoms with van der Waals surface area (Å²) in [5, 5.41) is 17.6. The van der Waals surface area contributed by atoms with Gasteiger partial charge in [0, 0.05) is 61.7 Å². The quantitative estimate of drug-likeness (QED) is 0.370. The Morgan fingerprint density at radius 1 is 1.03 bits per heavy atom. The van der Waals surface area contributed by atoms with Gasteiger partial charge in [0.2, 0.25) is 5.95 Å². The van der Waals surface area contributed by atoms with Crippen LogP contribution in [0, 0.1) is 6.92 Å². The van der Waals surface area contributed by atoms with Crippen LogP contribution in [0.4, 0.5) is 23.0 Å². The first kappa shape index (κ1) is 25.1. The van der Waals surface area contributed by atoms with E-state index >= 15 is 0 Å². The van der Waals surface area contributed by atoms with E-state index in [2.05, 4.69) is 68.7 Å². The van der Waals surface area contributed by atoms with Crippen molar-refractivity contribution in [2.75, 3.05) is 48.3 Å². The minimum Gasteiger partial charge on any atom is -0.392 e. The molecule has 2 saturated heterocycles. The molecule has 7 rings (SSSR count). The molecule has 2 atom stereocenters. The number of β-amino-alcohol motifs (C(OH)–C–C–N with tert-alkyl or cyclic N) is 1. The van der Waals surface area contributed by atoms with Gasteiger partial charge in [0.1, 0.15) is 0 Å². The summed E-state index contributed by atoms with van der Waals surface area (Å²) in [6, 6.07) is 14.0. The molecule has 1 aliphatic carbocycles. The van der Waals surface area contributed by atoms with Crippen molar-refractivity contribution < 1.29 is 5.11 Å². The van der Waals surface area contributed by atoms with Crippen LogP contribution in [0.3, 0.4) is 0 Å². The number of likely N-dealkylation sites (tertiary alicyclic amines) is 1. The number of nitrogens with one attached hydrogen (secondary N) is 2. The number of aliphatic hydroxyl groups is 1. The molecule has 8 heteroatoms. The highest BCUT2D eigenvalue weighted by Gasteiger charge is 2.31. The molecule has 3 aliphatic heterocycles. The summed E-state index contributed by atoms with van der Waals surface area (Å²) >= 11 is 6.64. The number of rotatable bonds is 6. The number of hydrogen-bond acceptors (Lipinski definition) is 7. The molecule has 3 fully saturated rings. The Morgan fingerprint density at radius 2 is 1.87 bits per heavy atom. The van der Waals surface area contributed by atoms with E-state index in [1.165, 1.54) is 35.2 Å². The van der Waals surface area contributed by atoms with Crippen LogP contribution < -0.4 is 15.5 Å². The first-order valence-corrected chi connectivity index (χ1v) is 14.8. The third-order valence-electron chi connectivity index (χ3n) is 8.97. The molecule has 204 valence electrons. The minimum atomic E-state index is -0.147. The molecule has 0 bridgehead atoms. The van der Waals surface area contributed by atoms with Crippen LogP contribution in [0.2, 0.25) is 5.02 Å². The second-order valence-electron chi connectivity index (χ2n) is 11.8. The molecule has 39 heavy (non-hydrogen) atoms. The Morgan fingerprint density at radius 3 is 2.64 bits per heavy atom. The van der Waals surface area contributed by atoms with Gasteiger partial charge in [-0.1, -0.05) is 23.7 Å². The average Bonchev–Trinajstić information content (AvgIpc) is 3.58. The molecule has 0 amide bonds. The molecule has 7 nitrogen and oxygen atoms in total. The van der Waals surface area contributed by atoms with Gasteiger partial charge < -0.3 is 20.6 Å². The molecule has 0 spiro atoms. The highest BCUT2D eigenvalue weighted by Crippen LogP contribution is 2.43. The largest absolute Gasteiger partial charge is 0.392 e. The van der Waals surface area contributed by atoms with Crippen LogP contribution in [0.25, 0.3) is 0 Å². The third-order valence-corrected chi connectivity index (χ3v) is 9.26. The van der Waals surface area contributed by atoms with Gasteiger partial charge in [-0.05, 0) is 85.9 Å². The number of aliphatic hydroxyl groups excluding tert-OH is 1. The number of anilines is 4. The number of nitrogens with zero attached hydrogens (tertiary/aromatic N) is 4. The Balaban J connectivity index is 1.11. The number of piperidine rings is 1. The molecular weight excluding hydrogens is 508 g/mol. The van der Waals surface area contributed by atoms with Gasteiger partial charge in [0.05, 0.1) is 23.0 Å². The fourth-order valence-corrected chi connectivity index (χ4v) is 6.86. The fraction of sp³-hybridized carbons (Fsp3) is 0.484. The molecule has 4 aliphatic rings. The maximum absolute atomic E-state index is 9.97. The van der Waals surface area contributed by atoms with Gasteiger partial charge in [-0.2, -0.15) is 0 Å². The molecule has 2 aromatic carbocycles. The second kappa shape index (κ2) is 10.3. The van der Waals surface area contributed by atoms with Gasteiger partial charge in [-0.25, -0.2) is 9.97 Å². The topological polar surface area (TPSA) is 76.6 Å². The third kappa shape index (κ3) is 5.20. The van der Waals surface area contributed by atoms with E-state index in [1.807, 2.05) is 0 Å². The van der Waals surface area contributed by atoms with Crippen molar-refractivity contribution in [2.45, 2.75) is 63.0 Å². The lowest BCUT2D eigenvalue weighted by atomic mass is 9.97. The van der Waals surface area contributed by atoms with Gasteiger partial charge in [-0.3, -0.25) is 4.90 Å². The minimum absolute atomic E-state index is 0.100. The number of benzene rings is 2. The average molecular weight is 545 g/mol. The highest BCUT2D eigenvalue weighted by molar-refractivity contribution is 6.31. The number of aromatic nitrogens is 2. The lowest BCUT2D eigenvalue weighted by molar-refractivity contribution is 0.148. The summed E-state index contributed by atoms with van der Waals surface area (Å²) in [5.41, 5.74) is 8.21. The Labute approximate surface area is 235 Å². The summed E-state index contributed by atoms with van der Waals surface area (Å²) in [4.78, 5) is 14.5. The molecule has 1 saturated carbocycles. The van der Waals surface area contributed by atoms with E-state index in [0.29, 0.717) is 22.9 Å². The van der Waals surface area contributed by atoms with Gasteiger partial charge in [0.15, 0.2) is 0 Å². The first-order chi connectivity index (χ1) is 19.0. The van der Waals surface area contributed by atoms with E-state index in [4.69, 9.17) is 16.6 Å². The smallest absolute Gasteiger partial charge is 0.227 e. The number of hydrogen-bond donors (Lipinski definition) is 3. The van der Waals surface area contributed by atoms with E-state index in [0.717, 1.165) is 69.1 Å². The fourth-order valence-electron chi connectivity index (χ4n) is 6.64. The van der Waals surface area contributed by atoms with E-state index in [9.17, 15) is 5.11 Å². The highest BCUT2D eigenvalue weighted by atomic mass is 35.5. The maximum Gasteiger partial charge on any atom is 0.227 e. The summed E-state index contributed by atoms with van der Waals surface area (Å²) in [7, 11) is 0. The van der Waals surface area contributed by atoms with Gasteiger partial charge in [0.25, 0.3) is 0 Å². The molecule has 4 heterocycles. The van der Waals surface area contributed by atoms with Crippen LogP contribution in [0.1, 0.15) is 66.3 Å². The molecule has 1 unspecified atom stereocenters. The summed E-state index contributed by atoms with van der Waals surface area (Å²) in [6.07, 6.45) is 7.30. The zero-order chi connectivity index (χ0) is 26.5. The number of halogens is 1. The SMILES string of the molecule is Cc1ccc2c(c1)NCC2c1nc(Nc2cc(C3CC3)cc(N3CCC(N4CC[C@H](O)C4)CC3)c2)ncc1Cl. The van der Waals surface area contributed by atoms with Gasteiger partial charge in [-0.15, -0.1) is 0 Å². The lowest BCUT2D eigenvalue weighted by Crippen LogP contribution is -2.44. The number of fused-ring (bicyclic) bond motifs is 1. The predicted octanol–water partition coefficient (Wildman–Crippen LogP) is 5.65. The van der Waals surface area contributed by atoms with E-state index in [-0.39, 0.29) is 12.0 Å². The predicted molar refractivity (Wildman–Crippen MR) is 158 cm³/mol. The zero-order valence-corrected chi connectivity index (χ0v) is 23.3. The lowest BCUT2D eigenvalue weighted by Gasteiger charge is -2.38. The Hall–Kier alpha value is -2.87. The Kier molecular flexibility index (Phi) is 6.61. The molecular formula is C31H37ClN6O. The molecule has 3 aromatic rings. The summed E-state index contributed by atoms with van der Waals surface area (Å²) in [5.74, 6) is 1.34. The van der Waals surface area contributed by atoms with Crippen LogP contribution in [-0.2, 0) is 0 Å². The van der Waals surface area contributed by atoms with Crippen molar-refractivity contribution in [2.24, 2.45) is 0 Å². The van der Waals surface area contributed by atoms with Crippen LogP contribution >= 0.6 is 11.6 Å². The number of aryl methyl sites for hydroxylation is 1. The Bertz CT molecular complexity index is 1370. The first-order valence-electron chi connectivity index (χ1n) is 14.5. The van der Waals surface area contributed by atoms with E-state index in [1.54, 1.807) is 6.20 Å². The summed E-state index contributed by atoms with van der Waals surface area (Å²) < 4.78 is 0. The van der Waals surface area contributed by atoms with Crippen LogP contribution in [0.5, 0.6) is 0 Å². The zero-order valence-electron chi connectivity index (χ0n) is 22.5. The van der Waals surface area contributed by atoms with Crippen molar-refractivity contribution in [3.05, 3.63) is 70.0 Å². The van der Waals surface area contributed by atoms with Gasteiger partial charge >= 0.3 is 0 Å². The van der Waals surface area contributed by atoms with Crippen molar-refractivity contribution >= 4 is 34.6 Å². The maximum atomic E-state index is 9.97. The molecule has 3 N–H and O–H groups in total. The van der Waals surface area contributed by atoms with Crippen LogP contribution in [-0.4, -0.2) is 64.8 Å². The standard InChI is InChI=1S/C31H37ClN6O/c1-19-2-5-26-27(16-33-29(26)12-19)30-28(32)17-34-31(36-30)35-22-13-21(20-3-4-20)14-24(15-22)37-9-6-23(7-10-37)38-11-8-25(39)18-38/h2,5,12-15,17,20,23,25,27,33,39H,3-4,6-11,16,18H2,1H3,(H,34,35,36)/t25-,27?/m0/s1. The van der Waals surface area contributed by atoms with Crippen molar-refractivity contribution in [3.8, 4) is 0 Å². The molecule has 0 radical (unpaired) electrons. The normalized spacial score (nSPS) is 23.6. The van der Waals surface area contributed by atoms with Crippen molar-refractivity contribution in [1.82, 2.24) is 14.9 Å². The van der Waals surface area contributed by atoms with Crippen LogP contribution in [0.15, 0.2) is 42.6 Å². The second-order valence-corrected chi connectivity index (χ2v) is 12.2. The monoisotopic (exact) mass is 544 g/mol. The van der Waals surface area contributed by atoms with Crippen molar-refractivity contribution in [3.63, 3.8) is 0 Å². The van der Waals surface area contributed by atoms with Crippen molar-refractivity contribution in [1.29, 1.82) is 0 Å². The summed E-state index contributed by atoms with van der Waals surface area (Å²) in [6.45, 7) is 6.84. The van der Waals surface area contributed by atoms with E-state index < -0.39 is 0 Å². The molecule has 1 aromatic heterocycles.